The van der Waals surface area contributed by atoms with Crippen molar-refractivity contribution in [3.05, 3.63) is 118 Å². The first-order valence-electron chi connectivity index (χ1n) is 10.5. The molecule has 0 aliphatic heterocycles. The van der Waals surface area contributed by atoms with Gasteiger partial charge in [-0.25, -0.2) is 4.98 Å². The van der Waals surface area contributed by atoms with Crippen LogP contribution in [0.3, 0.4) is 0 Å². The molecule has 0 aliphatic carbocycles. The number of hydrogen-bond acceptors (Lipinski definition) is 4. The Morgan fingerprint density at radius 2 is 1.81 bits per heavy atom. The molecule has 160 valence electrons. The molecule has 0 aliphatic rings. The smallest absolute Gasteiger partial charge is 0.251 e. The molecular formula is C26H24N4O2. The summed E-state index contributed by atoms with van der Waals surface area (Å²) < 4.78 is 0. The van der Waals surface area contributed by atoms with E-state index in [4.69, 9.17) is 0 Å². The standard InChI is InChI=1S/C26H24N4O2/c1-18-8-7-9-19(14-18)15-24(31)29-23(20-10-3-2-4-11-20)16-21-17-25(32)30-26(28-21)22-12-5-6-13-27-22/h2-14,17,23H,15-16H2,1H3,(H,29,31)(H,28,30,32)/t23-/m0/s1. The zero-order valence-corrected chi connectivity index (χ0v) is 17.8. The lowest BCUT2D eigenvalue weighted by atomic mass is 10.0. The van der Waals surface area contributed by atoms with Gasteiger partial charge in [0, 0.05) is 18.7 Å². The fourth-order valence-electron chi connectivity index (χ4n) is 3.64. The van der Waals surface area contributed by atoms with E-state index in [1.165, 1.54) is 6.07 Å². The number of hydrogen-bond donors (Lipinski definition) is 2. The summed E-state index contributed by atoms with van der Waals surface area (Å²) in [5.41, 5.74) is 3.94. The van der Waals surface area contributed by atoms with Gasteiger partial charge in [-0.15, -0.1) is 0 Å². The second kappa shape index (κ2) is 9.83. The molecule has 0 spiro atoms. The number of aryl methyl sites for hydroxylation is 1. The van der Waals surface area contributed by atoms with Crippen molar-refractivity contribution in [2.45, 2.75) is 25.8 Å². The van der Waals surface area contributed by atoms with Crippen molar-refractivity contribution in [1.29, 1.82) is 0 Å². The summed E-state index contributed by atoms with van der Waals surface area (Å²) in [5.74, 6) is 0.324. The normalized spacial score (nSPS) is 11.7. The molecule has 0 bridgehead atoms. The van der Waals surface area contributed by atoms with Gasteiger partial charge < -0.3 is 10.3 Å². The number of nitrogens with zero attached hydrogens (tertiary/aromatic N) is 2. The molecule has 6 heteroatoms. The van der Waals surface area contributed by atoms with Gasteiger partial charge in [-0.3, -0.25) is 14.6 Å². The number of H-pyrrole nitrogens is 1. The Labute approximate surface area is 186 Å². The average Bonchev–Trinajstić information content (AvgIpc) is 2.79. The zero-order valence-electron chi connectivity index (χ0n) is 17.8. The van der Waals surface area contributed by atoms with Crippen LogP contribution in [0.1, 0.15) is 28.4 Å². The highest BCUT2D eigenvalue weighted by molar-refractivity contribution is 5.79. The van der Waals surface area contributed by atoms with Crippen molar-refractivity contribution in [3.8, 4) is 11.5 Å². The Morgan fingerprint density at radius 3 is 2.56 bits per heavy atom. The van der Waals surface area contributed by atoms with Crippen LogP contribution in [0, 0.1) is 6.92 Å². The maximum Gasteiger partial charge on any atom is 0.251 e. The number of aromatic amines is 1. The third-order valence-corrected chi connectivity index (χ3v) is 5.10. The number of aromatic nitrogens is 3. The molecular weight excluding hydrogens is 400 g/mol. The van der Waals surface area contributed by atoms with Crippen LogP contribution < -0.4 is 10.9 Å². The molecule has 2 N–H and O–H groups in total. The van der Waals surface area contributed by atoms with E-state index in [1.54, 1.807) is 18.3 Å². The minimum Gasteiger partial charge on any atom is -0.349 e. The molecule has 32 heavy (non-hydrogen) atoms. The van der Waals surface area contributed by atoms with E-state index < -0.39 is 0 Å². The number of rotatable bonds is 7. The quantitative estimate of drug-likeness (QED) is 0.473. The fourth-order valence-corrected chi connectivity index (χ4v) is 3.64. The summed E-state index contributed by atoms with van der Waals surface area (Å²) in [7, 11) is 0. The highest BCUT2D eigenvalue weighted by atomic mass is 16.1. The van der Waals surface area contributed by atoms with E-state index in [-0.39, 0.29) is 23.9 Å². The summed E-state index contributed by atoms with van der Waals surface area (Å²) in [6.45, 7) is 2.01. The molecule has 0 fully saturated rings. The SMILES string of the molecule is Cc1cccc(CC(=O)N[C@@H](Cc2cc(=O)[nH]c(-c3ccccn3)n2)c2ccccc2)c1. The number of benzene rings is 2. The van der Waals surface area contributed by atoms with Crippen LogP contribution in [0.2, 0.25) is 0 Å². The third kappa shape index (κ3) is 5.55. The van der Waals surface area contributed by atoms with E-state index in [0.717, 1.165) is 16.7 Å². The van der Waals surface area contributed by atoms with Gasteiger partial charge in [0.1, 0.15) is 5.69 Å². The highest BCUT2D eigenvalue weighted by Crippen LogP contribution is 2.19. The van der Waals surface area contributed by atoms with Crippen LogP contribution in [0.25, 0.3) is 11.5 Å². The van der Waals surface area contributed by atoms with E-state index >= 15 is 0 Å². The predicted molar refractivity (Wildman–Crippen MR) is 124 cm³/mol. The number of pyridine rings is 1. The average molecular weight is 425 g/mol. The van der Waals surface area contributed by atoms with E-state index in [9.17, 15) is 9.59 Å². The number of carbonyl (C=O) groups excluding carboxylic acids is 1. The Morgan fingerprint density at radius 1 is 1.00 bits per heavy atom. The summed E-state index contributed by atoms with van der Waals surface area (Å²) in [6, 6.07) is 24.2. The molecule has 2 aromatic heterocycles. The lowest BCUT2D eigenvalue weighted by Gasteiger charge is -2.19. The maximum atomic E-state index is 12.8. The van der Waals surface area contributed by atoms with Crippen LogP contribution in [0.4, 0.5) is 0 Å². The first kappa shape index (κ1) is 21.2. The molecule has 0 unspecified atom stereocenters. The van der Waals surface area contributed by atoms with Gasteiger partial charge in [-0.05, 0) is 30.2 Å². The third-order valence-electron chi connectivity index (χ3n) is 5.10. The number of carbonyl (C=O) groups is 1. The summed E-state index contributed by atoms with van der Waals surface area (Å²) >= 11 is 0. The molecule has 2 aromatic carbocycles. The van der Waals surface area contributed by atoms with Gasteiger partial charge in [0.15, 0.2) is 5.82 Å². The molecule has 2 heterocycles. The Balaban J connectivity index is 1.58. The highest BCUT2D eigenvalue weighted by Gasteiger charge is 2.17. The van der Waals surface area contributed by atoms with Crippen molar-refractivity contribution in [2.75, 3.05) is 0 Å². The van der Waals surface area contributed by atoms with Gasteiger partial charge in [0.25, 0.3) is 5.56 Å². The lowest BCUT2D eigenvalue weighted by molar-refractivity contribution is -0.121. The zero-order chi connectivity index (χ0) is 22.3. The Hall–Kier alpha value is -4.06. The van der Waals surface area contributed by atoms with Crippen LogP contribution in [-0.4, -0.2) is 20.9 Å². The monoisotopic (exact) mass is 424 g/mol. The van der Waals surface area contributed by atoms with E-state index in [2.05, 4.69) is 20.3 Å². The number of amides is 1. The van der Waals surface area contributed by atoms with E-state index in [1.807, 2.05) is 67.6 Å². The summed E-state index contributed by atoms with van der Waals surface area (Å²) in [5, 5.41) is 3.12. The summed E-state index contributed by atoms with van der Waals surface area (Å²) in [6.07, 6.45) is 2.32. The van der Waals surface area contributed by atoms with Gasteiger partial charge in [0.05, 0.1) is 18.2 Å². The fraction of sp³-hybridized carbons (Fsp3) is 0.154. The minimum absolute atomic E-state index is 0.0840. The van der Waals surface area contributed by atoms with Crippen molar-refractivity contribution >= 4 is 5.91 Å². The minimum atomic E-state index is -0.320. The predicted octanol–water partition coefficient (Wildman–Crippen LogP) is 3.78. The second-order valence-corrected chi connectivity index (χ2v) is 7.70. The molecule has 0 saturated carbocycles. The number of nitrogens with one attached hydrogen (secondary N) is 2. The Bertz CT molecular complexity index is 1250. The first-order valence-corrected chi connectivity index (χ1v) is 10.5. The second-order valence-electron chi connectivity index (χ2n) is 7.70. The molecule has 4 aromatic rings. The topological polar surface area (TPSA) is 87.7 Å². The van der Waals surface area contributed by atoms with Gasteiger partial charge in [-0.2, -0.15) is 0 Å². The first-order chi connectivity index (χ1) is 15.6. The van der Waals surface area contributed by atoms with Crippen LogP contribution in [-0.2, 0) is 17.6 Å². The molecule has 6 nitrogen and oxygen atoms in total. The van der Waals surface area contributed by atoms with Crippen molar-refractivity contribution in [1.82, 2.24) is 20.3 Å². The van der Waals surface area contributed by atoms with Crippen LogP contribution in [0.5, 0.6) is 0 Å². The summed E-state index contributed by atoms with van der Waals surface area (Å²) in [4.78, 5) is 36.7. The Kier molecular flexibility index (Phi) is 6.51. The van der Waals surface area contributed by atoms with Gasteiger partial charge in [-0.1, -0.05) is 66.2 Å². The molecule has 1 atom stereocenters. The van der Waals surface area contributed by atoms with Crippen LogP contribution >= 0.6 is 0 Å². The molecule has 4 rings (SSSR count). The van der Waals surface area contributed by atoms with Crippen LogP contribution in [0.15, 0.2) is 89.9 Å². The molecule has 0 radical (unpaired) electrons. The van der Waals surface area contributed by atoms with Gasteiger partial charge >= 0.3 is 0 Å². The largest absolute Gasteiger partial charge is 0.349 e. The van der Waals surface area contributed by atoms with Crippen molar-refractivity contribution in [3.63, 3.8) is 0 Å². The van der Waals surface area contributed by atoms with Gasteiger partial charge in [0.2, 0.25) is 5.91 Å². The molecule has 0 saturated heterocycles. The van der Waals surface area contributed by atoms with E-state index in [0.29, 0.717) is 23.6 Å². The molecule has 1 amide bonds. The lowest BCUT2D eigenvalue weighted by Crippen LogP contribution is -2.31. The van der Waals surface area contributed by atoms with Crippen molar-refractivity contribution < 1.29 is 4.79 Å². The van der Waals surface area contributed by atoms with Crippen molar-refractivity contribution in [2.24, 2.45) is 0 Å². The maximum absolute atomic E-state index is 12.8.